The first-order chi connectivity index (χ1) is 12.4. The average Bonchev–Trinajstić information content (AvgIpc) is 2.98. The van der Waals surface area contributed by atoms with Crippen LogP contribution < -0.4 is 15.4 Å². The van der Waals surface area contributed by atoms with Gasteiger partial charge in [-0.05, 0) is 19.1 Å². The standard InChI is InChI=1S/C15H17Cl2F2N5O2/c1-8-23-12(26-24-8)3-4-21-15(20-2)22-7-9-5-10(16)6-11(17)13(9)25-14(18)19/h5-6,14H,3-4,7H2,1-2H3,(H2,20,21,22). The monoisotopic (exact) mass is 407 g/mol. The van der Waals surface area contributed by atoms with E-state index in [1.165, 1.54) is 12.1 Å². The van der Waals surface area contributed by atoms with Crippen molar-refractivity contribution in [2.75, 3.05) is 13.6 Å². The highest BCUT2D eigenvalue weighted by Crippen LogP contribution is 2.33. The van der Waals surface area contributed by atoms with Gasteiger partial charge in [-0.3, -0.25) is 4.99 Å². The number of nitrogens with one attached hydrogen (secondary N) is 2. The Balaban J connectivity index is 1.95. The summed E-state index contributed by atoms with van der Waals surface area (Å²) in [4.78, 5) is 8.14. The van der Waals surface area contributed by atoms with Crippen molar-refractivity contribution in [3.05, 3.63) is 39.5 Å². The predicted molar refractivity (Wildman–Crippen MR) is 94.0 cm³/mol. The van der Waals surface area contributed by atoms with E-state index in [4.69, 9.17) is 27.7 Å². The summed E-state index contributed by atoms with van der Waals surface area (Å²) in [6.45, 7) is -0.654. The molecule has 7 nitrogen and oxygen atoms in total. The largest absolute Gasteiger partial charge is 0.433 e. The lowest BCUT2D eigenvalue weighted by molar-refractivity contribution is -0.0504. The molecule has 1 heterocycles. The van der Waals surface area contributed by atoms with Gasteiger partial charge in [-0.1, -0.05) is 28.4 Å². The lowest BCUT2D eigenvalue weighted by Crippen LogP contribution is -2.38. The molecule has 0 aliphatic rings. The maximum absolute atomic E-state index is 12.6. The van der Waals surface area contributed by atoms with E-state index in [2.05, 4.69) is 30.5 Å². The Morgan fingerprint density at radius 2 is 2.12 bits per heavy atom. The fourth-order valence-corrected chi connectivity index (χ4v) is 2.68. The van der Waals surface area contributed by atoms with Gasteiger partial charge < -0.3 is 19.9 Å². The SMILES string of the molecule is CN=C(NCCc1nc(C)no1)NCc1cc(Cl)cc(Cl)c1OC(F)F. The minimum absolute atomic E-state index is 0.00399. The lowest BCUT2D eigenvalue weighted by atomic mass is 10.2. The van der Waals surface area contributed by atoms with Crippen LogP contribution in [0.4, 0.5) is 8.78 Å². The number of nitrogens with zero attached hydrogens (tertiary/aromatic N) is 3. The molecule has 2 aromatic rings. The van der Waals surface area contributed by atoms with Crippen molar-refractivity contribution in [2.45, 2.75) is 26.5 Å². The van der Waals surface area contributed by atoms with Gasteiger partial charge in [0.05, 0.1) is 5.02 Å². The fraction of sp³-hybridized carbons (Fsp3) is 0.400. The number of halogens is 4. The molecule has 0 amide bonds. The lowest BCUT2D eigenvalue weighted by Gasteiger charge is -2.15. The average molecular weight is 408 g/mol. The summed E-state index contributed by atoms with van der Waals surface area (Å²) in [5.41, 5.74) is 0.373. The van der Waals surface area contributed by atoms with E-state index in [-0.39, 0.29) is 17.3 Å². The highest BCUT2D eigenvalue weighted by atomic mass is 35.5. The van der Waals surface area contributed by atoms with Gasteiger partial charge in [0.25, 0.3) is 0 Å². The van der Waals surface area contributed by atoms with Crippen LogP contribution in [0.15, 0.2) is 21.6 Å². The van der Waals surface area contributed by atoms with Crippen molar-refractivity contribution >= 4 is 29.2 Å². The van der Waals surface area contributed by atoms with Gasteiger partial charge in [-0.2, -0.15) is 13.8 Å². The maximum Gasteiger partial charge on any atom is 0.387 e. The summed E-state index contributed by atoms with van der Waals surface area (Å²) in [5.74, 6) is 1.38. The number of guanidine groups is 1. The van der Waals surface area contributed by atoms with Gasteiger partial charge in [0, 0.05) is 37.1 Å². The molecule has 2 rings (SSSR count). The van der Waals surface area contributed by atoms with Crippen molar-refractivity contribution in [1.82, 2.24) is 20.8 Å². The zero-order valence-corrected chi connectivity index (χ0v) is 15.5. The molecule has 0 saturated heterocycles. The molecule has 1 aromatic heterocycles. The molecule has 0 unspecified atom stereocenters. The molecule has 0 aliphatic carbocycles. The maximum atomic E-state index is 12.6. The number of ether oxygens (including phenoxy) is 1. The predicted octanol–water partition coefficient (Wildman–Crippen LogP) is 3.19. The summed E-state index contributed by atoms with van der Waals surface area (Å²) >= 11 is 11.9. The molecule has 0 radical (unpaired) electrons. The summed E-state index contributed by atoms with van der Waals surface area (Å²) in [5, 5.41) is 10.0. The van der Waals surface area contributed by atoms with Gasteiger partial charge in [-0.25, -0.2) is 0 Å². The Morgan fingerprint density at radius 1 is 1.35 bits per heavy atom. The highest BCUT2D eigenvalue weighted by molar-refractivity contribution is 6.35. The molecule has 0 spiro atoms. The van der Waals surface area contributed by atoms with E-state index in [1.54, 1.807) is 14.0 Å². The molecule has 142 valence electrons. The Kier molecular flexibility index (Phi) is 7.40. The summed E-state index contributed by atoms with van der Waals surface area (Å²) in [7, 11) is 1.58. The Labute approximate surface area is 158 Å². The first kappa shape index (κ1) is 20.2. The smallest absolute Gasteiger partial charge is 0.387 e. The third-order valence-electron chi connectivity index (χ3n) is 3.16. The van der Waals surface area contributed by atoms with Crippen molar-refractivity contribution < 1.29 is 18.0 Å². The quantitative estimate of drug-likeness (QED) is 0.541. The number of aliphatic imine (C=N–C) groups is 1. The third kappa shape index (κ3) is 5.99. The van der Waals surface area contributed by atoms with Gasteiger partial charge in [0.1, 0.15) is 5.75 Å². The van der Waals surface area contributed by atoms with Crippen LogP contribution in [-0.4, -0.2) is 36.3 Å². The Hall–Kier alpha value is -2.13. The first-order valence-corrected chi connectivity index (χ1v) is 8.31. The number of benzene rings is 1. The van der Waals surface area contributed by atoms with Crippen LogP contribution in [0.5, 0.6) is 5.75 Å². The van der Waals surface area contributed by atoms with Crippen LogP contribution in [0.3, 0.4) is 0 Å². The number of alkyl halides is 2. The van der Waals surface area contributed by atoms with E-state index in [0.717, 1.165) is 0 Å². The molecule has 2 N–H and O–H groups in total. The topological polar surface area (TPSA) is 84.6 Å². The fourth-order valence-electron chi connectivity index (χ4n) is 2.10. The molecule has 1 aromatic carbocycles. The van der Waals surface area contributed by atoms with Crippen LogP contribution in [0, 0.1) is 6.92 Å². The van der Waals surface area contributed by atoms with Gasteiger partial charge >= 0.3 is 6.61 Å². The third-order valence-corrected chi connectivity index (χ3v) is 3.66. The number of hydrogen-bond donors (Lipinski definition) is 2. The Bertz CT molecular complexity index is 770. The van der Waals surface area contributed by atoms with E-state index in [0.29, 0.717) is 41.2 Å². The second kappa shape index (κ2) is 9.54. The van der Waals surface area contributed by atoms with Crippen LogP contribution in [0.2, 0.25) is 10.0 Å². The van der Waals surface area contributed by atoms with E-state index in [1.807, 2.05) is 0 Å². The molecule has 0 saturated carbocycles. The van der Waals surface area contributed by atoms with E-state index < -0.39 is 6.61 Å². The molecule has 11 heteroatoms. The Morgan fingerprint density at radius 3 is 2.73 bits per heavy atom. The number of aromatic nitrogens is 2. The number of aryl methyl sites for hydroxylation is 1. The summed E-state index contributed by atoms with van der Waals surface area (Å²) < 4.78 is 34.7. The number of hydrogen-bond acceptors (Lipinski definition) is 5. The first-order valence-electron chi connectivity index (χ1n) is 7.55. The minimum atomic E-state index is -3.00. The molecule has 0 aliphatic heterocycles. The molecule has 0 fully saturated rings. The van der Waals surface area contributed by atoms with Crippen LogP contribution >= 0.6 is 23.2 Å². The van der Waals surface area contributed by atoms with E-state index >= 15 is 0 Å². The molecular weight excluding hydrogens is 391 g/mol. The molecule has 26 heavy (non-hydrogen) atoms. The zero-order chi connectivity index (χ0) is 19.1. The molecule has 0 atom stereocenters. The zero-order valence-electron chi connectivity index (χ0n) is 14.0. The van der Waals surface area contributed by atoms with Crippen LogP contribution in [0.1, 0.15) is 17.3 Å². The number of rotatable bonds is 7. The van der Waals surface area contributed by atoms with E-state index in [9.17, 15) is 8.78 Å². The van der Waals surface area contributed by atoms with Crippen molar-refractivity contribution in [1.29, 1.82) is 0 Å². The van der Waals surface area contributed by atoms with Gasteiger partial charge in [0.15, 0.2) is 11.8 Å². The van der Waals surface area contributed by atoms with Crippen LogP contribution in [-0.2, 0) is 13.0 Å². The summed E-state index contributed by atoms with van der Waals surface area (Å²) in [6.07, 6.45) is 0.504. The van der Waals surface area contributed by atoms with Crippen molar-refractivity contribution in [3.63, 3.8) is 0 Å². The second-order valence-electron chi connectivity index (χ2n) is 5.09. The van der Waals surface area contributed by atoms with Crippen molar-refractivity contribution in [2.24, 2.45) is 4.99 Å². The second-order valence-corrected chi connectivity index (χ2v) is 5.94. The summed E-state index contributed by atoms with van der Waals surface area (Å²) in [6, 6.07) is 2.83. The van der Waals surface area contributed by atoms with Crippen molar-refractivity contribution in [3.8, 4) is 5.75 Å². The minimum Gasteiger partial charge on any atom is -0.433 e. The molecule has 0 bridgehead atoms. The van der Waals surface area contributed by atoms with Gasteiger partial charge in [-0.15, -0.1) is 0 Å². The molecular formula is C15H17Cl2F2N5O2. The normalized spacial score (nSPS) is 11.7. The highest BCUT2D eigenvalue weighted by Gasteiger charge is 2.15. The van der Waals surface area contributed by atoms with Crippen LogP contribution in [0.25, 0.3) is 0 Å². The van der Waals surface area contributed by atoms with Gasteiger partial charge in [0.2, 0.25) is 5.89 Å².